The van der Waals surface area contributed by atoms with E-state index in [9.17, 15) is 9.90 Å². The Morgan fingerprint density at radius 3 is 1.47 bits per heavy atom. The standard InChI is InChI=1S/C13H24O2Si2/c1-13(15)8-10(16(2,3)4)12(14)11(9-13)17(5,6)7/h8-9,15H,1-7H3. The van der Waals surface area contributed by atoms with E-state index in [2.05, 4.69) is 39.3 Å². The molecule has 0 radical (unpaired) electrons. The Balaban J connectivity index is 3.34. The van der Waals surface area contributed by atoms with Crippen LogP contribution in [0.5, 0.6) is 0 Å². The number of carbonyl (C=O) groups is 1. The first-order valence-corrected chi connectivity index (χ1v) is 13.1. The quantitative estimate of drug-likeness (QED) is 0.782. The predicted octanol–water partition coefficient (Wildman–Crippen LogP) is 2.93. The average Bonchev–Trinajstić information content (AvgIpc) is 2.04. The molecule has 0 aromatic carbocycles. The first-order valence-electron chi connectivity index (χ1n) is 6.08. The van der Waals surface area contributed by atoms with Crippen molar-refractivity contribution in [2.75, 3.05) is 0 Å². The maximum atomic E-state index is 12.5. The van der Waals surface area contributed by atoms with E-state index in [1.54, 1.807) is 19.1 Å². The highest BCUT2D eigenvalue weighted by atomic mass is 28.3. The molecule has 0 unspecified atom stereocenters. The van der Waals surface area contributed by atoms with Crippen LogP contribution in [0.25, 0.3) is 0 Å². The molecule has 1 rings (SSSR count). The van der Waals surface area contributed by atoms with Crippen LogP contribution in [0.15, 0.2) is 22.5 Å². The van der Waals surface area contributed by atoms with Gasteiger partial charge in [0.1, 0.15) is 0 Å². The van der Waals surface area contributed by atoms with Gasteiger partial charge >= 0.3 is 0 Å². The molecule has 4 heteroatoms. The fraction of sp³-hybridized carbons (Fsp3) is 0.615. The SMILES string of the molecule is CC1(O)C=C([Si](C)(C)C)C(=O)C([Si](C)(C)C)=C1. The number of ketones is 1. The molecule has 0 heterocycles. The van der Waals surface area contributed by atoms with Gasteiger partial charge in [-0.05, 0) is 29.5 Å². The topological polar surface area (TPSA) is 37.3 Å². The highest BCUT2D eigenvalue weighted by Gasteiger charge is 2.39. The second-order valence-electron chi connectivity index (χ2n) is 7.17. The van der Waals surface area contributed by atoms with Gasteiger partial charge in [0.25, 0.3) is 0 Å². The maximum absolute atomic E-state index is 12.5. The molecule has 96 valence electrons. The van der Waals surface area contributed by atoms with Gasteiger partial charge in [-0.2, -0.15) is 0 Å². The summed E-state index contributed by atoms with van der Waals surface area (Å²) in [7, 11) is -3.39. The van der Waals surface area contributed by atoms with Gasteiger partial charge in [0.2, 0.25) is 0 Å². The number of carbonyl (C=O) groups excluding carboxylic acids is 1. The van der Waals surface area contributed by atoms with Gasteiger partial charge in [-0.3, -0.25) is 4.79 Å². The van der Waals surface area contributed by atoms with Gasteiger partial charge in [0, 0.05) is 0 Å². The van der Waals surface area contributed by atoms with Crippen molar-refractivity contribution < 1.29 is 9.90 Å². The molecule has 0 bridgehead atoms. The number of Topliss-reactive ketones (excluding diaryl/α,β-unsaturated/α-hetero) is 1. The molecule has 0 saturated carbocycles. The van der Waals surface area contributed by atoms with Crippen LogP contribution in [0, 0.1) is 0 Å². The normalized spacial score (nSPS) is 21.1. The highest BCUT2D eigenvalue weighted by Crippen LogP contribution is 2.32. The van der Waals surface area contributed by atoms with Gasteiger partial charge in [-0.15, -0.1) is 0 Å². The van der Waals surface area contributed by atoms with Gasteiger partial charge in [0.15, 0.2) is 5.78 Å². The minimum atomic E-state index is -1.70. The molecule has 0 aromatic heterocycles. The smallest absolute Gasteiger partial charge is 0.176 e. The fourth-order valence-electron chi connectivity index (χ4n) is 2.02. The molecular formula is C13H24O2Si2. The van der Waals surface area contributed by atoms with E-state index in [-0.39, 0.29) is 5.78 Å². The van der Waals surface area contributed by atoms with Crippen molar-refractivity contribution in [2.24, 2.45) is 0 Å². The molecule has 0 amide bonds. The van der Waals surface area contributed by atoms with Crippen LogP contribution >= 0.6 is 0 Å². The minimum absolute atomic E-state index is 0.190. The summed E-state index contributed by atoms with van der Waals surface area (Å²) >= 11 is 0. The summed E-state index contributed by atoms with van der Waals surface area (Å²) in [5, 5.41) is 12.1. The molecule has 2 nitrogen and oxygen atoms in total. The summed E-state index contributed by atoms with van der Waals surface area (Å²) in [6.07, 6.45) is 3.54. The zero-order valence-electron chi connectivity index (χ0n) is 12.0. The van der Waals surface area contributed by atoms with Crippen molar-refractivity contribution in [3.63, 3.8) is 0 Å². The molecule has 1 aliphatic carbocycles. The lowest BCUT2D eigenvalue weighted by molar-refractivity contribution is -0.111. The number of allylic oxidation sites excluding steroid dienone is 2. The predicted molar refractivity (Wildman–Crippen MR) is 78.5 cm³/mol. The Labute approximate surface area is 106 Å². The monoisotopic (exact) mass is 268 g/mol. The summed E-state index contributed by atoms with van der Waals surface area (Å²) in [5.74, 6) is 0.190. The number of aliphatic hydroxyl groups is 1. The largest absolute Gasteiger partial charge is 0.382 e. The second-order valence-corrected chi connectivity index (χ2v) is 17.2. The van der Waals surface area contributed by atoms with Crippen molar-refractivity contribution in [2.45, 2.75) is 51.8 Å². The molecule has 1 aliphatic rings. The summed E-state index contributed by atoms with van der Waals surface area (Å²) < 4.78 is 0. The van der Waals surface area contributed by atoms with Crippen LogP contribution < -0.4 is 0 Å². The van der Waals surface area contributed by atoms with Gasteiger partial charge in [0.05, 0.1) is 21.7 Å². The summed E-state index contributed by atoms with van der Waals surface area (Å²) in [6, 6.07) is 0. The minimum Gasteiger partial charge on any atom is -0.382 e. The van der Waals surface area contributed by atoms with Gasteiger partial charge < -0.3 is 5.11 Å². The second kappa shape index (κ2) is 4.04. The highest BCUT2D eigenvalue weighted by molar-refractivity contribution is 6.93. The lowest BCUT2D eigenvalue weighted by Gasteiger charge is -2.33. The molecular weight excluding hydrogens is 244 g/mol. The summed E-state index contributed by atoms with van der Waals surface area (Å²) in [5.41, 5.74) is -0.959. The van der Waals surface area contributed by atoms with E-state index in [4.69, 9.17) is 0 Å². The molecule has 17 heavy (non-hydrogen) atoms. The van der Waals surface area contributed by atoms with Crippen LogP contribution in [-0.2, 0) is 4.79 Å². The molecule has 0 atom stereocenters. The van der Waals surface area contributed by atoms with Crippen molar-refractivity contribution in [1.82, 2.24) is 0 Å². The Bertz CT molecular complexity index is 368. The van der Waals surface area contributed by atoms with E-state index in [1.807, 2.05) is 0 Å². The van der Waals surface area contributed by atoms with E-state index >= 15 is 0 Å². The van der Waals surface area contributed by atoms with E-state index in [0.29, 0.717) is 0 Å². The van der Waals surface area contributed by atoms with Crippen LogP contribution in [-0.4, -0.2) is 32.6 Å². The summed E-state index contributed by atoms with van der Waals surface area (Å²) in [6.45, 7) is 14.7. The van der Waals surface area contributed by atoms with Crippen LogP contribution in [0.3, 0.4) is 0 Å². The van der Waals surface area contributed by atoms with Crippen molar-refractivity contribution in [3.8, 4) is 0 Å². The third-order valence-corrected chi connectivity index (χ3v) is 6.95. The van der Waals surface area contributed by atoms with E-state index in [0.717, 1.165) is 10.4 Å². The van der Waals surface area contributed by atoms with Gasteiger partial charge in [-0.25, -0.2) is 0 Å². The molecule has 0 aliphatic heterocycles. The third kappa shape index (κ3) is 3.27. The zero-order valence-corrected chi connectivity index (χ0v) is 14.0. The average molecular weight is 269 g/mol. The van der Waals surface area contributed by atoms with Crippen molar-refractivity contribution in [3.05, 3.63) is 22.5 Å². The fourth-order valence-corrected chi connectivity index (χ4v) is 5.22. The molecule has 0 fully saturated rings. The zero-order chi connectivity index (χ0) is 13.6. The lowest BCUT2D eigenvalue weighted by atomic mass is 9.99. The molecule has 0 aromatic rings. The maximum Gasteiger partial charge on any atom is 0.176 e. The van der Waals surface area contributed by atoms with Crippen LogP contribution in [0.2, 0.25) is 39.3 Å². The molecule has 1 N–H and O–H groups in total. The first kappa shape index (κ1) is 14.6. The van der Waals surface area contributed by atoms with Crippen LogP contribution in [0.4, 0.5) is 0 Å². The number of hydrogen-bond donors (Lipinski definition) is 1. The van der Waals surface area contributed by atoms with Crippen molar-refractivity contribution in [1.29, 1.82) is 0 Å². The van der Waals surface area contributed by atoms with E-state index in [1.165, 1.54) is 0 Å². The molecule has 0 saturated heterocycles. The Morgan fingerprint density at radius 2 is 1.24 bits per heavy atom. The summed E-state index contributed by atoms with van der Waals surface area (Å²) in [4.78, 5) is 12.5. The van der Waals surface area contributed by atoms with Crippen LogP contribution in [0.1, 0.15) is 6.92 Å². The van der Waals surface area contributed by atoms with E-state index < -0.39 is 21.7 Å². The molecule has 0 spiro atoms. The Kier molecular flexibility index (Phi) is 3.47. The van der Waals surface area contributed by atoms with Gasteiger partial charge in [-0.1, -0.05) is 39.3 Å². The first-order chi connectivity index (χ1) is 7.34. The number of rotatable bonds is 2. The number of hydrogen-bond acceptors (Lipinski definition) is 2. The lowest BCUT2D eigenvalue weighted by Crippen LogP contribution is -2.43. The Morgan fingerprint density at radius 1 is 0.941 bits per heavy atom. The van der Waals surface area contributed by atoms with Crippen molar-refractivity contribution >= 4 is 21.9 Å². The Hall–Kier alpha value is -0.456. The third-order valence-electron chi connectivity index (χ3n) is 2.98.